The van der Waals surface area contributed by atoms with Crippen LogP contribution in [0, 0.1) is 0 Å². The van der Waals surface area contributed by atoms with Crippen molar-refractivity contribution >= 4 is 38.8 Å². The van der Waals surface area contributed by atoms with E-state index in [0.29, 0.717) is 10.7 Å². The van der Waals surface area contributed by atoms with Gasteiger partial charge in [-0.25, -0.2) is 13.2 Å². The van der Waals surface area contributed by atoms with Crippen LogP contribution in [0.5, 0.6) is 5.75 Å². The number of nitrogens with one attached hydrogen (secondary N) is 2. The van der Waals surface area contributed by atoms with E-state index in [0.717, 1.165) is 0 Å². The van der Waals surface area contributed by atoms with Crippen LogP contribution < -0.4 is 10.6 Å². The molecule has 6 nitrogen and oxygen atoms in total. The fraction of sp³-hybridized carbons (Fsp3) is 0.133. The Morgan fingerprint density at radius 3 is 2.39 bits per heavy atom. The molecule has 0 fully saturated rings. The maximum atomic E-state index is 11.9. The largest absolute Gasteiger partial charge is 0.506 e. The number of hydrogen-bond acceptors (Lipinski definition) is 4. The number of aromatic hydroxyl groups is 1. The predicted molar refractivity (Wildman–Crippen MR) is 89.9 cm³/mol. The summed E-state index contributed by atoms with van der Waals surface area (Å²) in [4.78, 5) is 12.0. The summed E-state index contributed by atoms with van der Waals surface area (Å²) in [6, 6.07) is 9.56. The molecule has 0 aromatic heterocycles. The normalized spacial score (nSPS) is 11.0. The Kier molecular flexibility index (Phi) is 5.12. The zero-order valence-electron chi connectivity index (χ0n) is 12.2. The van der Waals surface area contributed by atoms with E-state index in [1.807, 2.05) is 0 Å². The van der Waals surface area contributed by atoms with Crippen molar-refractivity contribution in [2.45, 2.75) is 11.8 Å². The topological polar surface area (TPSA) is 95.5 Å². The summed E-state index contributed by atoms with van der Waals surface area (Å²) in [5, 5.41) is 15.3. The Morgan fingerprint density at radius 1 is 1.13 bits per heavy atom. The van der Waals surface area contributed by atoms with E-state index in [4.69, 9.17) is 11.6 Å². The van der Waals surface area contributed by atoms with Crippen LogP contribution in [0.3, 0.4) is 0 Å². The molecule has 0 atom stereocenters. The minimum absolute atomic E-state index is 0.00554. The Hall–Kier alpha value is -2.25. The van der Waals surface area contributed by atoms with Gasteiger partial charge < -0.3 is 15.7 Å². The number of carbonyl (C=O) groups is 1. The van der Waals surface area contributed by atoms with Crippen LogP contribution in [-0.2, 0) is 9.84 Å². The van der Waals surface area contributed by atoms with Crippen molar-refractivity contribution in [3.8, 4) is 5.75 Å². The fourth-order valence-corrected chi connectivity index (χ4v) is 2.83. The number of amides is 2. The minimum atomic E-state index is -3.43. The molecule has 2 amide bonds. The number of rotatable bonds is 4. The van der Waals surface area contributed by atoms with Gasteiger partial charge in [-0.3, -0.25) is 0 Å². The quantitative estimate of drug-likeness (QED) is 0.732. The first-order chi connectivity index (χ1) is 10.8. The van der Waals surface area contributed by atoms with Gasteiger partial charge in [0, 0.05) is 10.7 Å². The molecular weight excluding hydrogens is 340 g/mol. The molecule has 122 valence electrons. The molecule has 0 heterocycles. The number of benzene rings is 2. The van der Waals surface area contributed by atoms with Crippen LogP contribution in [0.25, 0.3) is 0 Å². The summed E-state index contributed by atoms with van der Waals surface area (Å²) in [6.07, 6.45) is 0. The Morgan fingerprint density at radius 2 is 1.78 bits per heavy atom. The Bertz CT molecular complexity index is 820. The molecule has 0 aliphatic carbocycles. The van der Waals surface area contributed by atoms with E-state index < -0.39 is 15.9 Å². The number of halogens is 1. The van der Waals surface area contributed by atoms with Gasteiger partial charge in [0.1, 0.15) is 5.75 Å². The Labute approximate surface area is 139 Å². The summed E-state index contributed by atoms with van der Waals surface area (Å²) in [5.74, 6) is -0.305. The molecule has 2 aromatic rings. The molecule has 0 saturated carbocycles. The summed E-state index contributed by atoms with van der Waals surface area (Å²) < 4.78 is 23.7. The molecule has 0 saturated heterocycles. The summed E-state index contributed by atoms with van der Waals surface area (Å²) in [5.41, 5.74) is 0.509. The molecule has 3 N–H and O–H groups in total. The molecule has 0 radical (unpaired) electrons. The second-order valence-corrected chi connectivity index (χ2v) is 7.38. The van der Waals surface area contributed by atoms with Gasteiger partial charge in [-0.1, -0.05) is 18.5 Å². The predicted octanol–water partition coefficient (Wildman–Crippen LogP) is 3.48. The third-order valence-corrected chi connectivity index (χ3v) is 5.04. The highest BCUT2D eigenvalue weighted by Crippen LogP contribution is 2.27. The van der Waals surface area contributed by atoms with E-state index in [1.54, 1.807) is 24.3 Å². The number of phenolic OH excluding ortho intramolecular Hbond substituents is 1. The lowest BCUT2D eigenvalue weighted by atomic mass is 10.3. The van der Waals surface area contributed by atoms with Crippen molar-refractivity contribution in [3.05, 3.63) is 47.5 Å². The first kappa shape index (κ1) is 17.1. The summed E-state index contributed by atoms with van der Waals surface area (Å²) in [6.45, 7) is 1.52. The third kappa shape index (κ3) is 4.37. The lowest BCUT2D eigenvalue weighted by molar-refractivity contribution is 0.262. The first-order valence-electron chi connectivity index (χ1n) is 6.71. The Balaban J connectivity index is 2.17. The van der Waals surface area contributed by atoms with E-state index >= 15 is 0 Å². The lowest BCUT2D eigenvalue weighted by Gasteiger charge is -2.11. The second kappa shape index (κ2) is 6.89. The molecule has 2 aromatic carbocycles. The maximum Gasteiger partial charge on any atom is 0.323 e. The minimum Gasteiger partial charge on any atom is -0.506 e. The molecule has 23 heavy (non-hydrogen) atoms. The number of phenols is 1. The van der Waals surface area contributed by atoms with Gasteiger partial charge in [-0.2, -0.15) is 0 Å². The molecule has 0 spiro atoms. The van der Waals surface area contributed by atoms with Gasteiger partial charge in [0.2, 0.25) is 0 Å². The smallest absolute Gasteiger partial charge is 0.323 e. The van der Waals surface area contributed by atoms with E-state index in [1.165, 1.54) is 25.1 Å². The fourth-order valence-electron chi connectivity index (χ4n) is 1.79. The number of urea groups is 1. The van der Waals surface area contributed by atoms with Crippen molar-refractivity contribution in [3.63, 3.8) is 0 Å². The van der Waals surface area contributed by atoms with Crippen LogP contribution in [0.2, 0.25) is 5.02 Å². The lowest BCUT2D eigenvalue weighted by Crippen LogP contribution is -2.19. The summed E-state index contributed by atoms with van der Waals surface area (Å²) in [7, 11) is -3.43. The number of hydrogen-bond donors (Lipinski definition) is 3. The monoisotopic (exact) mass is 354 g/mol. The van der Waals surface area contributed by atoms with E-state index in [-0.39, 0.29) is 22.1 Å². The average molecular weight is 355 g/mol. The highest BCUT2D eigenvalue weighted by atomic mass is 35.5. The van der Waals surface area contributed by atoms with Gasteiger partial charge in [0.15, 0.2) is 9.84 Å². The van der Waals surface area contributed by atoms with Gasteiger partial charge in [-0.05, 0) is 42.5 Å². The molecule has 8 heteroatoms. The average Bonchev–Trinajstić information content (AvgIpc) is 2.51. The van der Waals surface area contributed by atoms with Crippen LogP contribution in [0.15, 0.2) is 47.4 Å². The zero-order valence-corrected chi connectivity index (χ0v) is 13.8. The van der Waals surface area contributed by atoms with E-state index in [9.17, 15) is 18.3 Å². The molecule has 0 unspecified atom stereocenters. The van der Waals surface area contributed by atoms with Crippen molar-refractivity contribution in [1.29, 1.82) is 0 Å². The molecule has 2 rings (SSSR count). The maximum absolute atomic E-state index is 11.9. The number of anilines is 2. The van der Waals surface area contributed by atoms with Crippen molar-refractivity contribution in [2.75, 3.05) is 16.4 Å². The van der Waals surface area contributed by atoms with E-state index in [2.05, 4.69) is 10.6 Å². The van der Waals surface area contributed by atoms with Crippen molar-refractivity contribution in [2.24, 2.45) is 0 Å². The van der Waals surface area contributed by atoms with Gasteiger partial charge in [0.05, 0.1) is 16.3 Å². The molecular formula is C15H15ClN2O4S. The SMILES string of the molecule is CCS(=O)(=O)c1ccc(O)c(NC(=O)Nc2ccc(Cl)cc2)c1. The van der Waals surface area contributed by atoms with Crippen LogP contribution in [0.4, 0.5) is 16.2 Å². The van der Waals surface area contributed by atoms with Crippen LogP contribution >= 0.6 is 11.6 Å². The van der Waals surface area contributed by atoms with Crippen molar-refractivity contribution < 1.29 is 18.3 Å². The second-order valence-electron chi connectivity index (χ2n) is 4.67. The first-order valence-corrected chi connectivity index (χ1v) is 8.74. The molecule has 0 aliphatic heterocycles. The van der Waals surface area contributed by atoms with Gasteiger partial charge in [-0.15, -0.1) is 0 Å². The summed E-state index contributed by atoms with van der Waals surface area (Å²) >= 11 is 5.75. The van der Waals surface area contributed by atoms with Gasteiger partial charge >= 0.3 is 6.03 Å². The molecule has 0 bridgehead atoms. The van der Waals surface area contributed by atoms with Gasteiger partial charge in [0.25, 0.3) is 0 Å². The van der Waals surface area contributed by atoms with Crippen molar-refractivity contribution in [1.82, 2.24) is 0 Å². The standard InChI is InChI=1S/C15H15ClN2O4S/c1-2-23(21,22)12-7-8-14(19)13(9-12)18-15(20)17-11-5-3-10(16)4-6-11/h3-9,19H,2H2,1H3,(H2,17,18,20). The zero-order chi connectivity index (χ0) is 17.0. The third-order valence-electron chi connectivity index (χ3n) is 3.06. The van der Waals surface area contributed by atoms with Crippen LogP contribution in [-0.4, -0.2) is 25.3 Å². The van der Waals surface area contributed by atoms with Crippen LogP contribution in [0.1, 0.15) is 6.92 Å². The molecule has 0 aliphatic rings. The number of sulfone groups is 1. The highest BCUT2D eigenvalue weighted by Gasteiger charge is 2.15. The highest BCUT2D eigenvalue weighted by molar-refractivity contribution is 7.91. The number of carbonyl (C=O) groups excluding carboxylic acids is 1.